The molecule has 0 aliphatic carbocycles. The molecule has 22 heavy (non-hydrogen) atoms. The van der Waals surface area contributed by atoms with E-state index in [0.717, 1.165) is 17.5 Å². The normalized spacial score (nSPS) is 12.4. The Hall–Kier alpha value is -1.49. The number of sulfonamides is 2. The number of hydrogen-bond donors (Lipinski definition) is 1. The number of nitrogens with two attached hydrogens (primary N) is 1. The third kappa shape index (κ3) is 4.50. The van der Waals surface area contributed by atoms with Gasteiger partial charge in [0.2, 0.25) is 20.0 Å². The summed E-state index contributed by atoms with van der Waals surface area (Å²) in [6.07, 6.45) is 0.477. The average molecular weight is 350 g/mol. The minimum absolute atomic E-state index is 0.0943. The molecule has 0 saturated carbocycles. The molecule has 0 aliphatic rings. The predicted octanol–water partition coefficient (Wildman–Crippen LogP) is -0.0923. The molecule has 1 aromatic rings. The molecule has 1 rings (SSSR count). The molecule has 0 aromatic heterocycles. The van der Waals surface area contributed by atoms with Crippen molar-refractivity contribution in [1.29, 1.82) is 0 Å². The number of methoxy groups -OCH3 is 1. The molecule has 0 spiro atoms. The topological polar surface area (TPSA) is 124 Å². The maximum Gasteiger partial charge on any atom is 0.321 e. The summed E-state index contributed by atoms with van der Waals surface area (Å²) in [4.78, 5) is 10.8. The van der Waals surface area contributed by atoms with Crippen LogP contribution >= 0.6 is 0 Å². The van der Waals surface area contributed by atoms with Crippen molar-refractivity contribution in [2.45, 2.75) is 23.1 Å². The first kappa shape index (κ1) is 18.6. The van der Waals surface area contributed by atoms with Crippen molar-refractivity contribution in [2.24, 2.45) is 5.14 Å². The van der Waals surface area contributed by atoms with Gasteiger partial charge in [-0.25, -0.2) is 22.0 Å². The monoisotopic (exact) mass is 350 g/mol. The number of carbonyl (C=O) groups is 1. The Kier molecular flexibility index (Phi) is 6.06. The van der Waals surface area contributed by atoms with E-state index in [2.05, 4.69) is 4.74 Å². The van der Waals surface area contributed by atoms with Gasteiger partial charge in [-0.3, -0.25) is 4.79 Å². The van der Waals surface area contributed by atoms with Gasteiger partial charge in [-0.15, -0.1) is 0 Å². The van der Waals surface area contributed by atoms with Crippen LogP contribution in [0.1, 0.15) is 13.3 Å². The summed E-state index contributed by atoms with van der Waals surface area (Å²) in [5.41, 5.74) is 0. The van der Waals surface area contributed by atoms with Crippen LogP contribution in [0.3, 0.4) is 0 Å². The highest BCUT2D eigenvalue weighted by atomic mass is 32.2. The van der Waals surface area contributed by atoms with Crippen LogP contribution < -0.4 is 5.14 Å². The number of rotatable bonds is 7. The number of primary sulfonamides is 1. The number of ether oxygens (including phenoxy) is 1. The maximum absolute atomic E-state index is 12.5. The minimum atomic E-state index is -4.04. The zero-order valence-corrected chi connectivity index (χ0v) is 13.9. The quantitative estimate of drug-likeness (QED) is 0.685. The summed E-state index contributed by atoms with van der Waals surface area (Å²) in [5.74, 6) is -0.709. The Morgan fingerprint density at radius 3 is 2.32 bits per heavy atom. The van der Waals surface area contributed by atoms with E-state index >= 15 is 0 Å². The molecule has 0 heterocycles. The smallest absolute Gasteiger partial charge is 0.321 e. The molecule has 124 valence electrons. The molecule has 0 amide bonds. The highest BCUT2D eigenvalue weighted by Crippen LogP contribution is 2.19. The van der Waals surface area contributed by atoms with Crippen molar-refractivity contribution >= 4 is 26.0 Å². The van der Waals surface area contributed by atoms with Gasteiger partial charge in [0, 0.05) is 6.54 Å². The highest BCUT2D eigenvalue weighted by Gasteiger charge is 2.27. The van der Waals surface area contributed by atoms with Crippen LogP contribution in [-0.4, -0.2) is 47.3 Å². The molecule has 0 atom stereocenters. The highest BCUT2D eigenvalue weighted by molar-refractivity contribution is 7.90. The first-order chi connectivity index (χ1) is 10.1. The summed E-state index contributed by atoms with van der Waals surface area (Å²) in [7, 11) is -6.91. The largest absolute Gasteiger partial charge is 0.468 e. The second-order valence-electron chi connectivity index (χ2n) is 4.43. The first-order valence-corrected chi connectivity index (χ1v) is 9.31. The van der Waals surface area contributed by atoms with Gasteiger partial charge in [0.15, 0.2) is 0 Å². The molecule has 0 radical (unpaired) electrons. The standard InChI is InChI=1S/C12H18N2O6S2/c1-3-7-14(9-12(15)20-2)22(18,19)11-6-4-5-10(8-11)21(13,16)17/h4-6,8H,3,7,9H2,1-2H3,(H2,13,16,17). The lowest BCUT2D eigenvalue weighted by atomic mass is 10.4. The van der Waals surface area contributed by atoms with Crippen LogP contribution in [-0.2, 0) is 29.6 Å². The summed E-state index contributed by atoms with van der Waals surface area (Å²) in [6.45, 7) is 1.39. The van der Waals surface area contributed by atoms with Gasteiger partial charge in [-0.2, -0.15) is 4.31 Å². The van der Waals surface area contributed by atoms with Crippen LogP contribution in [0.5, 0.6) is 0 Å². The Bertz CT molecular complexity index is 743. The van der Waals surface area contributed by atoms with Crippen LogP contribution in [0.25, 0.3) is 0 Å². The van der Waals surface area contributed by atoms with E-state index in [9.17, 15) is 21.6 Å². The number of nitrogens with zero attached hydrogens (tertiary/aromatic N) is 1. The Labute approximate surface area is 130 Å². The van der Waals surface area contributed by atoms with Gasteiger partial charge in [0.1, 0.15) is 6.54 Å². The lowest BCUT2D eigenvalue weighted by Gasteiger charge is -2.20. The SMILES string of the molecule is CCCN(CC(=O)OC)S(=O)(=O)c1cccc(S(N)(=O)=O)c1. The van der Waals surface area contributed by atoms with Crippen LogP contribution in [0, 0.1) is 0 Å². The molecule has 8 nitrogen and oxygen atoms in total. The number of carbonyl (C=O) groups excluding carboxylic acids is 1. The molecule has 10 heteroatoms. The fourth-order valence-corrected chi connectivity index (χ4v) is 3.86. The molecule has 0 bridgehead atoms. The zero-order valence-electron chi connectivity index (χ0n) is 12.2. The summed E-state index contributed by atoms with van der Waals surface area (Å²) >= 11 is 0. The van der Waals surface area contributed by atoms with Gasteiger partial charge >= 0.3 is 5.97 Å². The average Bonchev–Trinajstić information content (AvgIpc) is 2.45. The Morgan fingerprint density at radius 1 is 1.23 bits per heavy atom. The Balaban J connectivity index is 3.28. The van der Waals surface area contributed by atoms with E-state index < -0.39 is 32.6 Å². The van der Waals surface area contributed by atoms with E-state index in [0.29, 0.717) is 6.42 Å². The van der Waals surface area contributed by atoms with E-state index in [1.165, 1.54) is 18.2 Å². The van der Waals surface area contributed by atoms with Crippen molar-refractivity contribution in [3.63, 3.8) is 0 Å². The van der Waals surface area contributed by atoms with Crippen LogP contribution in [0.15, 0.2) is 34.1 Å². The lowest BCUT2D eigenvalue weighted by Crippen LogP contribution is -2.36. The molecule has 0 aliphatic heterocycles. The van der Waals surface area contributed by atoms with E-state index in [1.54, 1.807) is 6.92 Å². The minimum Gasteiger partial charge on any atom is -0.468 e. The molecular weight excluding hydrogens is 332 g/mol. The molecule has 0 saturated heterocycles. The van der Waals surface area contributed by atoms with E-state index in [4.69, 9.17) is 5.14 Å². The number of benzene rings is 1. The Morgan fingerprint density at radius 2 is 1.82 bits per heavy atom. The van der Waals surface area contributed by atoms with E-state index in [1.807, 2.05) is 0 Å². The summed E-state index contributed by atoms with van der Waals surface area (Å²) in [5, 5.41) is 5.00. The molecule has 0 unspecified atom stereocenters. The van der Waals surface area contributed by atoms with Crippen molar-refractivity contribution in [3.05, 3.63) is 24.3 Å². The van der Waals surface area contributed by atoms with Gasteiger partial charge in [0.05, 0.1) is 16.9 Å². The van der Waals surface area contributed by atoms with E-state index in [-0.39, 0.29) is 16.3 Å². The fourth-order valence-electron chi connectivity index (χ4n) is 1.70. The number of hydrogen-bond acceptors (Lipinski definition) is 6. The van der Waals surface area contributed by atoms with Crippen molar-refractivity contribution in [1.82, 2.24) is 4.31 Å². The van der Waals surface area contributed by atoms with Crippen LogP contribution in [0.4, 0.5) is 0 Å². The first-order valence-electron chi connectivity index (χ1n) is 6.32. The third-order valence-corrected chi connectivity index (χ3v) is 5.53. The second kappa shape index (κ2) is 7.18. The second-order valence-corrected chi connectivity index (χ2v) is 7.93. The van der Waals surface area contributed by atoms with Crippen LogP contribution in [0.2, 0.25) is 0 Å². The van der Waals surface area contributed by atoms with Gasteiger partial charge < -0.3 is 4.74 Å². The van der Waals surface area contributed by atoms with Gasteiger partial charge in [-0.1, -0.05) is 13.0 Å². The summed E-state index contributed by atoms with van der Waals surface area (Å²) < 4.78 is 53.1. The molecular formula is C12H18N2O6S2. The number of esters is 1. The maximum atomic E-state index is 12.5. The fraction of sp³-hybridized carbons (Fsp3) is 0.417. The molecule has 0 fully saturated rings. The summed E-state index contributed by atoms with van der Waals surface area (Å²) in [6, 6.07) is 4.67. The van der Waals surface area contributed by atoms with Crippen molar-refractivity contribution in [2.75, 3.05) is 20.2 Å². The van der Waals surface area contributed by atoms with Crippen molar-refractivity contribution in [3.8, 4) is 0 Å². The predicted molar refractivity (Wildman–Crippen MR) is 78.9 cm³/mol. The van der Waals surface area contributed by atoms with Crippen molar-refractivity contribution < 1.29 is 26.4 Å². The third-order valence-electron chi connectivity index (χ3n) is 2.78. The van der Waals surface area contributed by atoms with Gasteiger partial charge in [-0.05, 0) is 24.6 Å². The van der Waals surface area contributed by atoms with Gasteiger partial charge in [0.25, 0.3) is 0 Å². The zero-order chi connectivity index (χ0) is 17.0. The lowest BCUT2D eigenvalue weighted by molar-refractivity contribution is -0.140. The molecule has 1 aromatic carbocycles. The molecule has 2 N–H and O–H groups in total.